The fourth-order valence-corrected chi connectivity index (χ4v) is 5.49. The Hall–Kier alpha value is -0.990. The molecule has 170 valence electrons. The number of alkyl halides is 3. The van der Waals surface area contributed by atoms with Gasteiger partial charge in [-0.1, -0.05) is 24.6 Å². The molecular formula is C22H34F3N3OS. The smallest absolute Gasteiger partial charge is 0.345 e. The highest BCUT2D eigenvalue weighted by atomic mass is 32.2. The Labute approximate surface area is 182 Å². The minimum atomic E-state index is -4.41. The standard InChI is InChI=1S/C22H34F3N3OS/c1-16(4-5-27-14-20(15-27)28-6-8-30-9-7-28)13-26(3)21(29)18-10-17(2)11-19(12-18)22(23,24)25/h11-12,16,18,20H,4-10,13-15H2,1-3H3/t16-,18?/m1/s1. The summed E-state index contributed by atoms with van der Waals surface area (Å²) in [6.07, 6.45) is -0.811. The number of rotatable bonds is 7. The molecule has 3 rings (SSSR count). The molecule has 0 aromatic rings. The number of thioether (sulfide) groups is 1. The molecule has 1 amide bonds. The Morgan fingerprint density at radius 1 is 1.30 bits per heavy atom. The Balaban J connectivity index is 1.40. The molecule has 2 saturated heterocycles. The van der Waals surface area contributed by atoms with Gasteiger partial charge in [-0.25, -0.2) is 0 Å². The van der Waals surface area contributed by atoms with Gasteiger partial charge in [0.25, 0.3) is 0 Å². The SMILES string of the molecule is CC1=CC(C(F)(F)F)=CC(C(=O)N(C)C[C@H](C)CCN2CC(N3CCSCC3)C2)C1. The van der Waals surface area contributed by atoms with E-state index >= 15 is 0 Å². The number of carbonyl (C=O) groups excluding carboxylic acids is 1. The highest BCUT2D eigenvalue weighted by molar-refractivity contribution is 7.99. The van der Waals surface area contributed by atoms with E-state index in [1.807, 2.05) is 11.8 Å². The first-order valence-corrected chi connectivity index (χ1v) is 12.0. The Bertz CT molecular complexity index is 667. The van der Waals surface area contributed by atoms with Crippen molar-refractivity contribution in [3.8, 4) is 0 Å². The lowest BCUT2D eigenvalue weighted by atomic mass is 9.89. The number of amides is 1. The lowest BCUT2D eigenvalue weighted by Crippen LogP contribution is -2.61. The van der Waals surface area contributed by atoms with E-state index in [-0.39, 0.29) is 5.91 Å². The fraction of sp³-hybridized carbons (Fsp3) is 0.773. The first-order valence-electron chi connectivity index (χ1n) is 10.9. The van der Waals surface area contributed by atoms with Crippen molar-refractivity contribution in [3.05, 3.63) is 23.3 Å². The van der Waals surface area contributed by atoms with Crippen molar-refractivity contribution in [2.75, 3.05) is 57.8 Å². The predicted octanol–water partition coefficient (Wildman–Crippen LogP) is 3.66. The maximum atomic E-state index is 13.1. The van der Waals surface area contributed by atoms with E-state index < -0.39 is 17.7 Å². The van der Waals surface area contributed by atoms with Gasteiger partial charge in [-0.2, -0.15) is 24.9 Å². The van der Waals surface area contributed by atoms with Gasteiger partial charge in [-0.05, 0) is 32.2 Å². The number of hydrogen-bond donors (Lipinski definition) is 0. The van der Waals surface area contributed by atoms with E-state index in [0.29, 0.717) is 30.5 Å². The molecule has 0 bridgehead atoms. The molecule has 2 heterocycles. The van der Waals surface area contributed by atoms with E-state index in [1.54, 1.807) is 18.9 Å². The molecule has 3 aliphatic rings. The van der Waals surface area contributed by atoms with Crippen LogP contribution in [0.3, 0.4) is 0 Å². The van der Waals surface area contributed by atoms with Gasteiger partial charge < -0.3 is 9.80 Å². The van der Waals surface area contributed by atoms with Crippen LogP contribution in [-0.2, 0) is 4.79 Å². The monoisotopic (exact) mass is 445 g/mol. The zero-order valence-corrected chi connectivity index (χ0v) is 19.1. The first-order chi connectivity index (χ1) is 14.1. The number of allylic oxidation sites excluding steroid dienone is 3. The van der Waals surface area contributed by atoms with Crippen LogP contribution >= 0.6 is 11.8 Å². The van der Waals surface area contributed by atoms with E-state index in [0.717, 1.165) is 38.2 Å². The summed E-state index contributed by atoms with van der Waals surface area (Å²) in [5.41, 5.74) is -0.102. The van der Waals surface area contributed by atoms with E-state index in [4.69, 9.17) is 0 Å². The molecule has 1 unspecified atom stereocenters. The number of nitrogens with zero attached hydrogens (tertiary/aromatic N) is 3. The van der Waals surface area contributed by atoms with Crippen molar-refractivity contribution >= 4 is 17.7 Å². The van der Waals surface area contributed by atoms with Crippen molar-refractivity contribution in [1.29, 1.82) is 0 Å². The molecule has 0 saturated carbocycles. The summed E-state index contributed by atoms with van der Waals surface area (Å²) in [4.78, 5) is 19.4. The van der Waals surface area contributed by atoms with Crippen molar-refractivity contribution in [2.24, 2.45) is 11.8 Å². The van der Waals surface area contributed by atoms with Crippen LogP contribution in [0, 0.1) is 11.8 Å². The molecule has 2 atom stereocenters. The van der Waals surface area contributed by atoms with Crippen molar-refractivity contribution in [3.63, 3.8) is 0 Å². The molecule has 4 nitrogen and oxygen atoms in total. The molecule has 0 spiro atoms. The highest BCUT2D eigenvalue weighted by Crippen LogP contribution is 2.34. The van der Waals surface area contributed by atoms with Gasteiger partial charge in [0, 0.05) is 57.3 Å². The zero-order valence-electron chi connectivity index (χ0n) is 18.2. The van der Waals surface area contributed by atoms with Crippen LogP contribution in [0.15, 0.2) is 23.3 Å². The van der Waals surface area contributed by atoms with Crippen LogP contribution in [-0.4, -0.2) is 90.6 Å². The van der Waals surface area contributed by atoms with E-state index in [1.165, 1.54) is 24.6 Å². The van der Waals surface area contributed by atoms with Crippen molar-refractivity contribution in [1.82, 2.24) is 14.7 Å². The van der Waals surface area contributed by atoms with Crippen molar-refractivity contribution in [2.45, 2.75) is 38.9 Å². The Morgan fingerprint density at radius 2 is 1.97 bits per heavy atom. The summed E-state index contributed by atoms with van der Waals surface area (Å²) in [7, 11) is 1.71. The number of likely N-dealkylation sites (tertiary alicyclic amines) is 1. The van der Waals surface area contributed by atoms with Gasteiger partial charge in [0.05, 0.1) is 11.5 Å². The molecule has 30 heavy (non-hydrogen) atoms. The van der Waals surface area contributed by atoms with Crippen LogP contribution in [0.2, 0.25) is 0 Å². The molecule has 0 aromatic heterocycles. The van der Waals surface area contributed by atoms with Gasteiger partial charge in [0.15, 0.2) is 0 Å². The normalized spacial score (nSPS) is 25.3. The third kappa shape index (κ3) is 6.26. The van der Waals surface area contributed by atoms with Crippen molar-refractivity contribution < 1.29 is 18.0 Å². The fourth-order valence-electron chi connectivity index (χ4n) is 4.56. The largest absolute Gasteiger partial charge is 0.416 e. The molecular weight excluding hydrogens is 411 g/mol. The highest BCUT2D eigenvalue weighted by Gasteiger charge is 2.36. The van der Waals surface area contributed by atoms with E-state index in [9.17, 15) is 18.0 Å². The zero-order chi connectivity index (χ0) is 21.9. The molecule has 0 radical (unpaired) electrons. The molecule has 2 aliphatic heterocycles. The van der Waals surface area contributed by atoms with Crippen LogP contribution < -0.4 is 0 Å². The molecule has 0 aromatic carbocycles. The minimum Gasteiger partial charge on any atom is -0.345 e. The third-order valence-corrected chi connectivity index (χ3v) is 7.31. The van der Waals surface area contributed by atoms with Gasteiger partial charge in [0.1, 0.15) is 0 Å². The van der Waals surface area contributed by atoms with Crippen LogP contribution in [0.1, 0.15) is 26.7 Å². The maximum absolute atomic E-state index is 13.1. The average Bonchev–Trinajstić information content (AvgIpc) is 2.65. The number of carbonyl (C=O) groups is 1. The van der Waals surface area contributed by atoms with Crippen LogP contribution in [0.25, 0.3) is 0 Å². The molecule has 0 N–H and O–H groups in total. The summed E-state index contributed by atoms with van der Waals surface area (Å²) >= 11 is 2.04. The third-order valence-electron chi connectivity index (χ3n) is 6.37. The quantitative estimate of drug-likeness (QED) is 0.598. The first kappa shape index (κ1) is 23.7. The molecule has 8 heteroatoms. The van der Waals surface area contributed by atoms with Gasteiger partial charge >= 0.3 is 6.18 Å². The summed E-state index contributed by atoms with van der Waals surface area (Å²) in [5.74, 6) is 1.86. The predicted molar refractivity (Wildman–Crippen MR) is 117 cm³/mol. The molecule has 1 aliphatic carbocycles. The van der Waals surface area contributed by atoms with Gasteiger partial charge in [-0.3, -0.25) is 9.69 Å². The number of halogens is 3. The van der Waals surface area contributed by atoms with Crippen LogP contribution in [0.4, 0.5) is 13.2 Å². The average molecular weight is 446 g/mol. The topological polar surface area (TPSA) is 26.8 Å². The lowest BCUT2D eigenvalue weighted by Gasteiger charge is -2.47. The second kappa shape index (κ2) is 10.1. The minimum absolute atomic E-state index is 0.219. The Kier molecular flexibility index (Phi) is 7.96. The van der Waals surface area contributed by atoms with Gasteiger partial charge in [-0.15, -0.1) is 0 Å². The summed E-state index contributed by atoms with van der Waals surface area (Å²) in [5, 5.41) is 0. The summed E-state index contributed by atoms with van der Waals surface area (Å²) in [6, 6.07) is 0.697. The second-order valence-electron chi connectivity index (χ2n) is 9.10. The lowest BCUT2D eigenvalue weighted by molar-refractivity contribution is -0.133. The maximum Gasteiger partial charge on any atom is 0.416 e. The second-order valence-corrected chi connectivity index (χ2v) is 10.3. The number of hydrogen-bond acceptors (Lipinski definition) is 4. The van der Waals surface area contributed by atoms with E-state index in [2.05, 4.69) is 16.7 Å². The molecule has 2 fully saturated rings. The summed E-state index contributed by atoms with van der Waals surface area (Å²) in [6.45, 7) is 10.0. The van der Waals surface area contributed by atoms with Gasteiger partial charge in [0.2, 0.25) is 5.91 Å². The summed E-state index contributed by atoms with van der Waals surface area (Å²) < 4.78 is 39.2. The van der Waals surface area contributed by atoms with Crippen LogP contribution in [0.5, 0.6) is 0 Å². The Morgan fingerprint density at radius 3 is 2.60 bits per heavy atom.